The third-order valence-corrected chi connectivity index (χ3v) is 7.12. The van der Waals surface area contributed by atoms with Gasteiger partial charge in [0, 0.05) is 18.7 Å². The van der Waals surface area contributed by atoms with E-state index in [0.717, 1.165) is 4.90 Å². The number of nitrogens with one attached hydrogen (secondary N) is 2. The van der Waals surface area contributed by atoms with Gasteiger partial charge in [-0.05, 0) is 42.8 Å². The first-order valence-electron chi connectivity index (χ1n) is 15.3. The number of aromatic carboxylic acids is 1. The van der Waals surface area contributed by atoms with E-state index in [1.807, 2.05) is 0 Å². The topological polar surface area (TPSA) is 188 Å². The summed E-state index contributed by atoms with van der Waals surface area (Å²) in [4.78, 5) is 61.6. The standard InChI is InChI=1S/C32H39N3O12/c36-27-9-8-26(29(37)34-27)35-30(38)24-2-1-3-25(28(24)31(35)39)33-10-11-42-12-13-43-14-15-44-16-17-45-18-19-46-20-21-47-23-6-4-22(5-7-23)32(40)41/h1-7,26,33H,8-21H2,(H,40,41)(H,34,36,37). The highest BCUT2D eigenvalue weighted by Gasteiger charge is 2.45. The number of carbonyl (C=O) groups is 5. The Labute approximate surface area is 271 Å². The summed E-state index contributed by atoms with van der Waals surface area (Å²) in [6.07, 6.45) is 0.161. The number of carboxylic acid groups (broad SMARTS) is 1. The summed E-state index contributed by atoms with van der Waals surface area (Å²) in [5.41, 5.74) is 1.09. The molecule has 0 aromatic heterocycles. The van der Waals surface area contributed by atoms with Gasteiger partial charge < -0.3 is 38.8 Å². The summed E-state index contributed by atoms with van der Waals surface area (Å²) < 4.78 is 32.9. The smallest absolute Gasteiger partial charge is 0.335 e. The van der Waals surface area contributed by atoms with Crippen molar-refractivity contribution in [2.24, 2.45) is 0 Å². The highest BCUT2D eigenvalue weighted by atomic mass is 16.6. The Balaban J connectivity index is 0.951. The van der Waals surface area contributed by atoms with Gasteiger partial charge in [0.05, 0.1) is 82.8 Å². The Kier molecular flexibility index (Phi) is 14.1. The van der Waals surface area contributed by atoms with Crippen LogP contribution in [-0.2, 0) is 33.3 Å². The molecule has 1 saturated heterocycles. The maximum absolute atomic E-state index is 13.1. The summed E-state index contributed by atoms with van der Waals surface area (Å²) in [7, 11) is 0. The summed E-state index contributed by atoms with van der Waals surface area (Å²) in [5, 5.41) is 14.2. The number of imide groups is 2. The monoisotopic (exact) mass is 657 g/mol. The quantitative estimate of drug-likeness (QED) is 0.122. The largest absolute Gasteiger partial charge is 0.491 e. The minimum atomic E-state index is -1.01. The molecule has 2 heterocycles. The van der Waals surface area contributed by atoms with Gasteiger partial charge in [0.15, 0.2) is 0 Å². The van der Waals surface area contributed by atoms with Crippen molar-refractivity contribution in [3.05, 3.63) is 59.2 Å². The molecule has 15 nitrogen and oxygen atoms in total. The number of hydrogen-bond donors (Lipinski definition) is 3. The summed E-state index contributed by atoms with van der Waals surface area (Å²) in [6.45, 7) is 4.65. The number of carboxylic acids is 1. The average molecular weight is 658 g/mol. The molecular weight excluding hydrogens is 618 g/mol. The molecule has 0 saturated carbocycles. The fourth-order valence-corrected chi connectivity index (χ4v) is 4.81. The molecule has 0 aliphatic carbocycles. The molecule has 2 aromatic rings. The van der Waals surface area contributed by atoms with Crippen molar-refractivity contribution in [3.8, 4) is 5.75 Å². The zero-order valence-electron chi connectivity index (χ0n) is 25.9. The van der Waals surface area contributed by atoms with Crippen molar-refractivity contribution in [1.82, 2.24) is 10.2 Å². The highest BCUT2D eigenvalue weighted by Crippen LogP contribution is 2.32. The number of piperidine rings is 1. The Bertz CT molecular complexity index is 1380. The summed E-state index contributed by atoms with van der Waals surface area (Å²) >= 11 is 0. The number of nitrogens with zero attached hydrogens (tertiary/aromatic N) is 1. The summed E-state index contributed by atoms with van der Waals surface area (Å²) in [6, 6.07) is 10.0. The molecule has 3 N–H and O–H groups in total. The van der Waals surface area contributed by atoms with Crippen LogP contribution in [0.2, 0.25) is 0 Å². The van der Waals surface area contributed by atoms with Crippen LogP contribution in [0.4, 0.5) is 5.69 Å². The molecule has 1 fully saturated rings. The maximum atomic E-state index is 13.1. The second kappa shape index (κ2) is 18.7. The van der Waals surface area contributed by atoms with Crippen molar-refractivity contribution >= 4 is 35.3 Å². The van der Waals surface area contributed by atoms with Gasteiger partial charge >= 0.3 is 5.97 Å². The predicted molar refractivity (Wildman–Crippen MR) is 165 cm³/mol. The number of carbonyl (C=O) groups excluding carboxylic acids is 4. The van der Waals surface area contributed by atoms with Gasteiger partial charge in [-0.15, -0.1) is 0 Å². The molecule has 0 bridgehead atoms. The first-order valence-corrected chi connectivity index (χ1v) is 15.3. The van der Waals surface area contributed by atoms with Crippen LogP contribution in [0.5, 0.6) is 5.75 Å². The number of amides is 4. The van der Waals surface area contributed by atoms with Gasteiger partial charge in [-0.25, -0.2) is 4.79 Å². The van der Waals surface area contributed by atoms with E-state index in [1.165, 1.54) is 12.1 Å². The molecule has 0 spiro atoms. The molecule has 0 radical (unpaired) electrons. The Morgan fingerprint density at radius 1 is 0.766 bits per heavy atom. The molecule has 47 heavy (non-hydrogen) atoms. The lowest BCUT2D eigenvalue weighted by Crippen LogP contribution is -2.54. The number of anilines is 1. The van der Waals surface area contributed by atoms with E-state index in [4.69, 9.17) is 33.5 Å². The third-order valence-electron chi connectivity index (χ3n) is 7.12. The number of benzene rings is 2. The molecule has 1 unspecified atom stereocenters. The van der Waals surface area contributed by atoms with Crippen LogP contribution in [0.1, 0.15) is 43.9 Å². The highest BCUT2D eigenvalue weighted by molar-refractivity contribution is 6.25. The number of rotatable bonds is 22. The second-order valence-electron chi connectivity index (χ2n) is 10.3. The lowest BCUT2D eigenvalue weighted by molar-refractivity contribution is -0.136. The third kappa shape index (κ3) is 10.6. The van der Waals surface area contributed by atoms with Crippen molar-refractivity contribution in [2.45, 2.75) is 18.9 Å². The number of fused-ring (bicyclic) bond motifs is 1. The molecule has 2 aliphatic heterocycles. The normalized spacial score (nSPS) is 15.9. The van der Waals surface area contributed by atoms with E-state index in [2.05, 4.69) is 10.6 Å². The van der Waals surface area contributed by atoms with Crippen LogP contribution in [0, 0.1) is 0 Å². The first kappa shape index (κ1) is 35.4. The molecule has 2 aliphatic rings. The molecule has 2 aromatic carbocycles. The van der Waals surface area contributed by atoms with Crippen LogP contribution in [0.15, 0.2) is 42.5 Å². The number of ether oxygens (including phenoxy) is 6. The van der Waals surface area contributed by atoms with Gasteiger partial charge in [0.25, 0.3) is 11.8 Å². The van der Waals surface area contributed by atoms with E-state index in [-0.39, 0.29) is 29.5 Å². The minimum Gasteiger partial charge on any atom is -0.491 e. The van der Waals surface area contributed by atoms with Crippen molar-refractivity contribution in [2.75, 3.05) is 84.5 Å². The van der Waals surface area contributed by atoms with E-state index >= 15 is 0 Å². The van der Waals surface area contributed by atoms with Crippen LogP contribution in [0.3, 0.4) is 0 Å². The lowest BCUT2D eigenvalue weighted by Gasteiger charge is -2.27. The van der Waals surface area contributed by atoms with Gasteiger partial charge in [0.2, 0.25) is 11.8 Å². The van der Waals surface area contributed by atoms with Crippen LogP contribution in [-0.4, -0.2) is 125 Å². The fourth-order valence-electron chi connectivity index (χ4n) is 4.81. The zero-order valence-corrected chi connectivity index (χ0v) is 25.9. The van der Waals surface area contributed by atoms with Crippen LogP contribution < -0.4 is 15.4 Å². The van der Waals surface area contributed by atoms with Gasteiger partial charge in [-0.2, -0.15) is 0 Å². The van der Waals surface area contributed by atoms with E-state index in [1.54, 1.807) is 30.3 Å². The Morgan fingerprint density at radius 3 is 1.91 bits per heavy atom. The van der Waals surface area contributed by atoms with Crippen molar-refractivity contribution in [3.63, 3.8) is 0 Å². The minimum absolute atomic E-state index is 0.0617. The molecule has 4 amide bonds. The van der Waals surface area contributed by atoms with Crippen molar-refractivity contribution in [1.29, 1.82) is 0 Å². The van der Waals surface area contributed by atoms with Crippen LogP contribution in [0.25, 0.3) is 0 Å². The Hall–Kier alpha value is -4.41. The second-order valence-corrected chi connectivity index (χ2v) is 10.3. The van der Waals surface area contributed by atoms with E-state index < -0.39 is 35.6 Å². The first-order chi connectivity index (χ1) is 22.9. The SMILES string of the molecule is O=C1CCC(N2C(=O)c3cccc(NCCOCCOCCOCCOCCOCCOc4ccc(C(=O)O)cc4)c3C2=O)C(=O)N1. The van der Waals surface area contributed by atoms with Gasteiger partial charge in [-0.3, -0.25) is 29.4 Å². The Morgan fingerprint density at radius 2 is 1.34 bits per heavy atom. The molecule has 1 atom stereocenters. The fraction of sp³-hybridized carbons (Fsp3) is 0.469. The number of hydrogen-bond acceptors (Lipinski definition) is 12. The molecule has 4 rings (SSSR count). The lowest BCUT2D eigenvalue weighted by atomic mass is 10.0. The van der Waals surface area contributed by atoms with Gasteiger partial charge in [-0.1, -0.05) is 6.07 Å². The average Bonchev–Trinajstić information content (AvgIpc) is 3.31. The van der Waals surface area contributed by atoms with Gasteiger partial charge in [0.1, 0.15) is 18.4 Å². The summed E-state index contributed by atoms with van der Waals surface area (Å²) in [5.74, 6) is -2.60. The zero-order chi connectivity index (χ0) is 33.4. The van der Waals surface area contributed by atoms with Crippen LogP contribution >= 0.6 is 0 Å². The van der Waals surface area contributed by atoms with E-state index in [9.17, 15) is 24.0 Å². The molecule has 254 valence electrons. The molecule has 15 heteroatoms. The van der Waals surface area contributed by atoms with Crippen molar-refractivity contribution < 1.29 is 57.5 Å². The molecular formula is C32H39N3O12. The van der Waals surface area contributed by atoms with E-state index in [0.29, 0.717) is 90.7 Å². The predicted octanol–water partition coefficient (Wildman–Crippen LogP) is 1.36. The maximum Gasteiger partial charge on any atom is 0.335 e.